The fourth-order valence-electron chi connectivity index (χ4n) is 1.52. The van der Waals surface area contributed by atoms with Gasteiger partial charge in [0.05, 0.1) is 13.2 Å². The summed E-state index contributed by atoms with van der Waals surface area (Å²) in [7, 11) is 1.57. The molecule has 0 saturated carbocycles. The molecule has 1 rings (SSSR count). The van der Waals surface area contributed by atoms with Gasteiger partial charge in [-0.05, 0) is 5.56 Å². The molecule has 0 aliphatic carbocycles. The van der Waals surface area contributed by atoms with Crippen LogP contribution >= 0.6 is 0 Å². The lowest BCUT2D eigenvalue weighted by molar-refractivity contribution is -0.141. The van der Waals surface area contributed by atoms with Gasteiger partial charge in [-0.2, -0.15) is 0 Å². The Hall–Kier alpha value is -1.92. The van der Waals surface area contributed by atoms with Crippen molar-refractivity contribution in [3.8, 4) is 0 Å². The van der Waals surface area contributed by atoms with E-state index < -0.39 is 12.0 Å². The Morgan fingerprint density at radius 3 is 2.58 bits per heavy atom. The van der Waals surface area contributed by atoms with Gasteiger partial charge in [0.1, 0.15) is 0 Å². The second-order valence-electron chi connectivity index (χ2n) is 3.92. The molecule has 0 aliphatic heterocycles. The molecular formula is C13H18N2O4. The van der Waals surface area contributed by atoms with E-state index in [0.717, 1.165) is 0 Å². The molecule has 0 spiro atoms. The fraction of sp³-hybridized carbons (Fsp3) is 0.385. The van der Waals surface area contributed by atoms with Gasteiger partial charge in [-0.25, -0.2) is 4.79 Å². The Kier molecular flexibility index (Phi) is 6.56. The van der Waals surface area contributed by atoms with Crippen molar-refractivity contribution in [3.05, 3.63) is 35.9 Å². The number of benzene rings is 1. The minimum atomic E-state index is -1.09. The van der Waals surface area contributed by atoms with Gasteiger partial charge < -0.3 is 20.5 Å². The average Bonchev–Trinajstić information content (AvgIpc) is 2.41. The van der Waals surface area contributed by atoms with E-state index in [9.17, 15) is 9.59 Å². The predicted molar refractivity (Wildman–Crippen MR) is 69.7 cm³/mol. The second-order valence-corrected chi connectivity index (χ2v) is 3.92. The number of amides is 1. The van der Waals surface area contributed by atoms with Crippen molar-refractivity contribution >= 4 is 11.9 Å². The molecule has 1 unspecified atom stereocenters. The van der Waals surface area contributed by atoms with Crippen LogP contribution in [-0.2, 0) is 14.3 Å². The number of hydrogen-bond acceptors (Lipinski definition) is 4. The first-order valence-corrected chi connectivity index (χ1v) is 5.92. The van der Waals surface area contributed by atoms with Crippen LogP contribution in [0.25, 0.3) is 0 Å². The quantitative estimate of drug-likeness (QED) is 0.584. The molecule has 1 atom stereocenters. The summed E-state index contributed by atoms with van der Waals surface area (Å²) in [5.74, 6) is -1.45. The zero-order valence-electron chi connectivity index (χ0n) is 10.8. The lowest BCUT2D eigenvalue weighted by Gasteiger charge is -2.15. The van der Waals surface area contributed by atoms with Crippen molar-refractivity contribution in [1.29, 1.82) is 0 Å². The molecule has 104 valence electrons. The summed E-state index contributed by atoms with van der Waals surface area (Å²) in [6, 6.07) is 7.55. The standard InChI is InChI=1S/C13H18N2O4/c1-19-8-7-14-9-11(16)15-12(13(17)18)10-5-3-2-4-6-10/h2-6,12,14H,7-9H2,1H3,(H,15,16)(H,17,18). The molecule has 0 radical (unpaired) electrons. The van der Waals surface area contributed by atoms with Gasteiger partial charge in [-0.3, -0.25) is 4.79 Å². The average molecular weight is 266 g/mol. The van der Waals surface area contributed by atoms with Gasteiger partial charge >= 0.3 is 5.97 Å². The van der Waals surface area contributed by atoms with Crippen LogP contribution in [-0.4, -0.2) is 43.8 Å². The number of rotatable bonds is 8. The number of hydrogen-bond donors (Lipinski definition) is 3. The molecular weight excluding hydrogens is 248 g/mol. The van der Waals surface area contributed by atoms with Crippen LogP contribution in [0.4, 0.5) is 0 Å². The first-order valence-electron chi connectivity index (χ1n) is 5.92. The molecule has 19 heavy (non-hydrogen) atoms. The van der Waals surface area contributed by atoms with Crippen LogP contribution in [0.1, 0.15) is 11.6 Å². The number of methoxy groups -OCH3 is 1. The Bertz CT molecular complexity index is 408. The maximum absolute atomic E-state index is 11.6. The van der Waals surface area contributed by atoms with E-state index in [1.54, 1.807) is 37.4 Å². The molecule has 0 aromatic heterocycles. The van der Waals surface area contributed by atoms with Crippen molar-refractivity contribution in [1.82, 2.24) is 10.6 Å². The highest BCUT2D eigenvalue weighted by molar-refractivity contribution is 5.85. The van der Waals surface area contributed by atoms with Crippen molar-refractivity contribution in [2.75, 3.05) is 26.8 Å². The summed E-state index contributed by atoms with van der Waals surface area (Å²) in [4.78, 5) is 22.8. The molecule has 0 bridgehead atoms. The summed E-state index contributed by atoms with van der Waals surface area (Å²) in [6.07, 6.45) is 0. The molecule has 0 fully saturated rings. The first-order chi connectivity index (χ1) is 9.15. The molecule has 3 N–H and O–H groups in total. The zero-order valence-corrected chi connectivity index (χ0v) is 10.8. The van der Waals surface area contributed by atoms with Gasteiger partial charge in [0, 0.05) is 13.7 Å². The van der Waals surface area contributed by atoms with E-state index in [-0.39, 0.29) is 12.5 Å². The smallest absolute Gasteiger partial charge is 0.330 e. The van der Waals surface area contributed by atoms with E-state index in [1.165, 1.54) is 0 Å². The number of ether oxygens (including phenoxy) is 1. The maximum Gasteiger partial charge on any atom is 0.330 e. The van der Waals surface area contributed by atoms with Crippen molar-refractivity contribution < 1.29 is 19.4 Å². The van der Waals surface area contributed by atoms with Gasteiger partial charge in [-0.1, -0.05) is 30.3 Å². The SMILES string of the molecule is COCCNCC(=O)NC(C(=O)O)c1ccccc1. The van der Waals surface area contributed by atoms with Crippen LogP contribution in [0, 0.1) is 0 Å². The maximum atomic E-state index is 11.6. The Morgan fingerprint density at radius 1 is 1.32 bits per heavy atom. The van der Waals surface area contributed by atoms with E-state index in [1.807, 2.05) is 0 Å². The van der Waals surface area contributed by atoms with Gasteiger partial charge in [-0.15, -0.1) is 0 Å². The largest absolute Gasteiger partial charge is 0.479 e. The highest BCUT2D eigenvalue weighted by atomic mass is 16.5. The summed E-state index contributed by atoms with van der Waals surface area (Å²) >= 11 is 0. The minimum Gasteiger partial charge on any atom is -0.479 e. The third kappa shape index (κ3) is 5.50. The number of carbonyl (C=O) groups excluding carboxylic acids is 1. The van der Waals surface area contributed by atoms with E-state index in [2.05, 4.69) is 10.6 Å². The zero-order chi connectivity index (χ0) is 14.1. The van der Waals surface area contributed by atoms with Crippen LogP contribution in [0.3, 0.4) is 0 Å². The molecule has 1 aromatic carbocycles. The monoisotopic (exact) mass is 266 g/mol. The van der Waals surface area contributed by atoms with Crippen LogP contribution < -0.4 is 10.6 Å². The number of aliphatic carboxylic acids is 1. The Labute approximate surface area is 111 Å². The normalized spacial score (nSPS) is 11.8. The van der Waals surface area contributed by atoms with Gasteiger partial charge in [0.2, 0.25) is 5.91 Å². The summed E-state index contributed by atoms with van der Waals surface area (Å²) in [5.41, 5.74) is 0.542. The lowest BCUT2D eigenvalue weighted by Crippen LogP contribution is -2.40. The topological polar surface area (TPSA) is 87.7 Å². The Balaban J connectivity index is 2.51. The van der Waals surface area contributed by atoms with Gasteiger partial charge in [0.15, 0.2) is 6.04 Å². The van der Waals surface area contributed by atoms with E-state index in [0.29, 0.717) is 18.7 Å². The van der Waals surface area contributed by atoms with Crippen LogP contribution in [0.5, 0.6) is 0 Å². The number of nitrogens with one attached hydrogen (secondary N) is 2. The molecule has 0 aliphatic rings. The molecule has 0 saturated heterocycles. The van der Waals surface area contributed by atoms with Crippen LogP contribution in [0.2, 0.25) is 0 Å². The predicted octanol–water partition coefficient (Wildman–Crippen LogP) is 0.165. The van der Waals surface area contributed by atoms with Gasteiger partial charge in [0.25, 0.3) is 0 Å². The Morgan fingerprint density at radius 2 is 2.00 bits per heavy atom. The fourth-order valence-corrected chi connectivity index (χ4v) is 1.52. The van der Waals surface area contributed by atoms with Crippen LogP contribution in [0.15, 0.2) is 30.3 Å². The highest BCUT2D eigenvalue weighted by Crippen LogP contribution is 2.12. The van der Waals surface area contributed by atoms with Crippen molar-refractivity contribution in [2.45, 2.75) is 6.04 Å². The summed E-state index contributed by atoms with van der Waals surface area (Å²) in [6.45, 7) is 1.08. The van der Waals surface area contributed by atoms with Crippen molar-refractivity contribution in [3.63, 3.8) is 0 Å². The molecule has 6 nitrogen and oxygen atoms in total. The molecule has 1 amide bonds. The third-order valence-corrected chi connectivity index (χ3v) is 2.45. The minimum absolute atomic E-state index is 0.0555. The molecule has 0 heterocycles. The highest BCUT2D eigenvalue weighted by Gasteiger charge is 2.21. The summed E-state index contributed by atoms with van der Waals surface area (Å²) in [5, 5.41) is 14.4. The summed E-state index contributed by atoms with van der Waals surface area (Å²) < 4.78 is 4.82. The number of carboxylic acid groups (broad SMARTS) is 1. The van der Waals surface area contributed by atoms with Crippen molar-refractivity contribution in [2.24, 2.45) is 0 Å². The van der Waals surface area contributed by atoms with E-state index >= 15 is 0 Å². The number of carboxylic acids is 1. The molecule has 6 heteroatoms. The van der Waals surface area contributed by atoms with E-state index in [4.69, 9.17) is 9.84 Å². The first kappa shape index (κ1) is 15.1. The molecule has 1 aromatic rings. The second kappa shape index (κ2) is 8.23. The number of carbonyl (C=O) groups is 2. The third-order valence-electron chi connectivity index (χ3n) is 2.45. The lowest BCUT2D eigenvalue weighted by atomic mass is 10.1.